The molecule has 0 N–H and O–H groups in total. The maximum atomic E-state index is 13.5. The third-order valence-corrected chi connectivity index (χ3v) is 5.64. The number of benzene rings is 2. The molecule has 0 aliphatic carbocycles. The van der Waals surface area contributed by atoms with Gasteiger partial charge in [-0.25, -0.2) is 9.59 Å². The minimum atomic E-state index is -4.68. The Hall–Kier alpha value is -3.24. The number of rotatable bonds is 5. The summed E-state index contributed by atoms with van der Waals surface area (Å²) in [4.78, 5) is 25.9. The summed E-state index contributed by atoms with van der Waals surface area (Å²) in [6, 6.07) is 6.03. The van der Waals surface area contributed by atoms with Crippen LogP contribution in [0.2, 0.25) is 5.02 Å². The van der Waals surface area contributed by atoms with Gasteiger partial charge >= 0.3 is 18.1 Å². The fourth-order valence-corrected chi connectivity index (χ4v) is 3.53. The van der Waals surface area contributed by atoms with E-state index in [1.165, 1.54) is 0 Å². The van der Waals surface area contributed by atoms with E-state index in [1.54, 1.807) is 26.0 Å². The predicted octanol–water partition coefficient (Wildman–Crippen LogP) is 5.16. The summed E-state index contributed by atoms with van der Waals surface area (Å²) >= 11 is 6.20. The number of halogens is 4. The lowest BCUT2D eigenvalue weighted by atomic mass is 10.1. The van der Waals surface area contributed by atoms with E-state index in [9.17, 15) is 22.8 Å². The van der Waals surface area contributed by atoms with Crippen molar-refractivity contribution >= 4 is 29.2 Å². The van der Waals surface area contributed by atoms with E-state index in [1.807, 2.05) is 0 Å². The minimum absolute atomic E-state index is 0.0229. The molecule has 2 aromatic rings. The van der Waals surface area contributed by atoms with Gasteiger partial charge in [-0.3, -0.25) is 0 Å². The molecule has 0 bridgehead atoms. The van der Waals surface area contributed by atoms with Gasteiger partial charge in [-0.1, -0.05) is 11.6 Å². The van der Waals surface area contributed by atoms with E-state index in [0.717, 1.165) is 37.3 Å². The van der Waals surface area contributed by atoms with Crippen LogP contribution in [0.5, 0.6) is 11.5 Å². The Morgan fingerprint density at radius 1 is 1.03 bits per heavy atom. The fraction of sp³-hybridized carbons (Fsp3) is 0.304. The molecule has 3 rings (SSSR count). The zero-order valence-corrected chi connectivity index (χ0v) is 19.5. The Morgan fingerprint density at radius 2 is 1.65 bits per heavy atom. The number of alkyl halides is 3. The molecule has 11 heteroatoms. The molecule has 0 aromatic heterocycles. The van der Waals surface area contributed by atoms with Crippen LogP contribution in [-0.4, -0.2) is 39.5 Å². The topological polar surface area (TPSA) is 74.3 Å². The van der Waals surface area contributed by atoms with Crippen molar-refractivity contribution in [2.24, 2.45) is 0 Å². The maximum absolute atomic E-state index is 13.5. The Morgan fingerprint density at radius 3 is 2.21 bits per heavy atom. The Kier molecular flexibility index (Phi) is 7.42. The monoisotopic (exact) mass is 499 g/mol. The van der Waals surface area contributed by atoms with Gasteiger partial charge in [0.2, 0.25) is 0 Å². The molecule has 182 valence electrons. The molecule has 2 aromatic carbocycles. The van der Waals surface area contributed by atoms with Gasteiger partial charge in [0.25, 0.3) is 0 Å². The minimum Gasteiger partial charge on any atom is -0.466 e. The van der Waals surface area contributed by atoms with Crippen molar-refractivity contribution in [3.63, 3.8) is 0 Å². The SMILES string of the molecule is COC(=O)C1=C(C(=O)OC)N(c2cc(C(F)(F)F)ccc2Oc2cc(C)c(Cl)c(C)c2)COC1. The molecule has 0 fully saturated rings. The van der Waals surface area contributed by atoms with E-state index >= 15 is 0 Å². The molecule has 0 spiro atoms. The van der Waals surface area contributed by atoms with E-state index in [2.05, 4.69) is 0 Å². The van der Waals surface area contributed by atoms with Crippen molar-refractivity contribution in [2.75, 3.05) is 32.5 Å². The number of carbonyl (C=O) groups is 2. The lowest BCUT2D eigenvalue weighted by molar-refractivity contribution is -0.140. The summed E-state index contributed by atoms with van der Waals surface area (Å²) in [6.07, 6.45) is -4.68. The normalized spacial score (nSPS) is 14.2. The first-order chi connectivity index (χ1) is 16.0. The quantitative estimate of drug-likeness (QED) is 0.526. The zero-order chi connectivity index (χ0) is 25.2. The summed E-state index contributed by atoms with van der Waals surface area (Å²) < 4.78 is 61.4. The first kappa shape index (κ1) is 25.4. The standard InChI is InChI=1S/C23H21ClF3NO6/c1-12-7-15(8-13(2)19(12)24)34-18-6-5-14(23(25,26)27)9-17(18)28-11-33-10-16(21(29)31-3)20(28)22(30)32-4/h5-9H,10-11H2,1-4H3. The average molecular weight is 500 g/mol. The van der Waals surface area contributed by atoms with E-state index in [4.69, 9.17) is 30.5 Å². The Bertz CT molecular complexity index is 1140. The molecule has 1 aliphatic heterocycles. The summed E-state index contributed by atoms with van der Waals surface area (Å²) in [7, 11) is 2.19. The molecule has 7 nitrogen and oxygen atoms in total. The number of esters is 2. The number of methoxy groups -OCH3 is 2. The number of hydrogen-bond donors (Lipinski definition) is 0. The van der Waals surface area contributed by atoms with Crippen molar-refractivity contribution in [3.05, 3.63) is 63.3 Å². The number of nitrogens with zero attached hydrogens (tertiary/aromatic N) is 1. The fourth-order valence-electron chi connectivity index (χ4n) is 3.42. The Labute approximate surface area is 198 Å². The summed E-state index contributed by atoms with van der Waals surface area (Å²) in [5.41, 5.74) is -0.270. The van der Waals surface area contributed by atoms with Gasteiger partial charge in [-0.15, -0.1) is 0 Å². The third-order valence-electron chi connectivity index (χ3n) is 5.05. The highest BCUT2D eigenvalue weighted by molar-refractivity contribution is 6.32. The van der Waals surface area contributed by atoms with E-state index in [-0.39, 0.29) is 36.0 Å². The number of hydrogen-bond acceptors (Lipinski definition) is 7. The number of ether oxygens (including phenoxy) is 4. The van der Waals surface area contributed by atoms with Crippen LogP contribution in [0.15, 0.2) is 41.6 Å². The highest BCUT2D eigenvalue weighted by atomic mass is 35.5. The molecule has 1 heterocycles. The second kappa shape index (κ2) is 9.94. The lowest BCUT2D eigenvalue weighted by Gasteiger charge is -2.32. The van der Waals surface area contributed by atoms with Gasteiger partial charge in [0.1, 0.15) is 18.2 Å². The van der Waals surface area contributed by atoms with Crippen LogP contribution in [-0.2, 0) is 30.0 Å². The van der Waals surface area contributed by atoms with Crippen LogP contribution in [0.1, 0.15) is 16.7 Å². The summed E-state index contributed by atoms with van der Waals surface area (Å²) in [5, 5.41) is 0.531. The van der Waals surface area contributed by atoms with Gasteiger partial charge in [-0.05, 0) is 55.3 Å². The van der Waals surface area contributed by atoms with Crippen LogP contribution in [0.3, 0.4) is 0 Å². The van der Waals surface area contributed by atoms with Gasteiger partial charge in [0, 0.05) is 5.02 Å². The first-order valence-corrected chi connectivity index (χ1v) is 10.3. The molecular weight excluding hydrogens is 479 g/mol. The number of aryl methyl sites for hydroxylation is 2. The molecule has 0 atom stereocenters. The largest absolute Gasteiger partial charge is 0.466 e. The summed E-state index contributed by atoms with van der Waals surface area (Å²) in [5.74, 6) is -1.55. The molecular formula is C23H21ClF3NO6. The van der Waals surface area contributed by atoms with Crippen LogP contribution in [0, 0.1) is 13.8 Å². The van der Waals surface area contributed by atoms with Gasteiger partial charge in [0.05, 0.1) is 37.7 Å². The second-order valence-corrected chi connectivity index (χ2v) is 7.75. The van der Waals surface area contributed by atoms with Gasteiger partial charge in [0.15, 0.2) is 5.75 Å². The summed E-state index contributed by atoms with van der Waals surface area (Å²) in [6.45, 7) is 2.88. The molecule has 0 saturated heterocycles. The maximum Gasteiger partial charge on any atom is 0.416 e. The van der Waals surface area contributed by atoms with Crippen LogP contribution in [0.25, 0.3) is 0 Å². The number of anilines is 1. The van der Waals surface area contributed by atoms with E-state index < -0.39 is 23.7 Å². The highest BCUT2D eigenvalue weighted by Crippen LogP contribution is 2.41. The third kappa shape index (κ3) is 5.13. The van der Waals surface area contributed by atoms with Gasteiger partial charge in [-0.2, -0.15) is 13.2 Å². The van der Waals surface area contributed by atoms with Crippen molar-refractivity contribution in [2.45, 2.75) is 20.0 Å². The highest BCUT2D eigenvalue weighted by Gasteiger charge is 2.36. The van der Waals surface area contributed by atoms with Crippen molar-refractivity contribution < 1.29 is 41.7 Å². The molecule has 0 unspecified atom stereocenters. The smallest absolute Gasteiger partial charge is 0.416 e. The average Bonchev–Trinajstić information content (AvgIpc) is 2.80. The van der Waals surface area contributed by atoms with Crippen LogP contribution >= 0.6 is 11.6 Å². The van der Waals surface area contributed by atoms with Crippen molar-refractivity contribution in [1.82, 2.24) is 0 Å². The second-order valence-electron chi connectivity index (χ2n) is 7.37. The van der Waals surface area contributed by atoms with E-state index in [0.29, 0.717) is 21.9 Å². The zero-order valence-electron chi connectivity index (χ0n) is 18.7. The molecule has 0 amide bonds. The number of carbonyl (C=O) groups excluding carboxylic acids is 2. The van der Waals surface area contributed by atoms with Crippen molar-refractivity contribution in [3.8, 4) is 11.5 Å². The molecule has 0 saturated carbocycles. The van der Waals surface area contributed by atoms with Crippen molar-refractivity contribution in [1.29, 1.82) is 0 Å². The van der Waals surface area contributed by atoms with Gasteiger partial charge < -0.3 is 23.8 Å². The molecule has 34 heavy (non-hydrogen) atoms. The van der Waals surface area contributed by atoms with Crippen LogP contribution in [0.4, 0.5) is 18.9 Å². The Balaban J connectivity index is 2.21. The predicted molar refractivity (Wildman–Crippen MR) is 117 cm³/mol. The molecule has 1 aliphatic rings. The lowest BCUT2D eigenvalue weighted by Crippen LogP contribution is -2.39. The first-order valence-electron chi connectivity index (χ1n) is 9.88. The van der Waals surface area contributed by atoms with Crippen LogP contribution < -0.4 is 9.64 Å². The molecule has 0 radical (unpaired) electrons.